The molecule has 1 aromatic carbocycles. The summed E-state index contributed by atoms with van der Waals surface area (Å²) in [6.45, 7) is 0.949. The number of rotatable bonds is 4. The number of benzene rings is 1. The second-order valence-corrected chi connectivity index (χ2v) is 6.32. The predicted octanol–water partition coefficient (Wildman–Crippen LogP) is 3.65. The quantitative estimate of drug-likeness (QED) is 0.904. The number of nitrogens with one attached hydrogen (secondary N) is 1. The zero-order valence-electron chi connectivity index (χ0n) is 12.6. The first-order chi connectivity index (χ1) is 9.88. The lowest BCUT2D eigenvalue weighted by Gasteiger charge is -2.34. The third-order valence-electron chi connectivity index (χ3n) is 5.07. The van der Waals surface area contributed by atoms with E-state index in [9.17, 15) is 0 Å². The molecule has 2 nitrogen and oxygen atoms in total. The summed E-state index contributed by atoms with van der Waals surface area (Å²) in [6, 6.07) is 9.54. The molecular weight excluding hydrogens is 246 g/mol. The number of hydrogen-bond donors (Lipinski definition) is 1. The molecule has 0 spiro atoms. The SMILES string of the molecule is CNC(CC1CCCc2ccccc21)C1CCCCO1. The highest BCUT2D eigenvalue weighted by Crippen LogP contribution is 2.35. The molecule has 3 unspecified atom stereocenters. The number of hydrogen-bond acceptors (Lipinski definition) is 2. The summed E-state index contributed by atoms with van der Waals surface area (Å²) in [4.78, 5) is 0. The summed E-state index contributed by atoms with van der Waals surface area (Å²) in [5.74, 6) is 0.711. The molecule has 1 aromatic rings. The van der Waals surface area contributed by atoms with Gasteiger partial charge in [0.05, 0.1) is 6.10 Å². The van der Waals surface area contributed by atoms with Crippen molar-refractivity contribution in [3.05, 3.63) is 35.4 Å². The van der Waals surface area contributed by atoms with Crippen molar-refractivity contribution >= 4 is 0 Å². The van der Waals surface area contributed by atoms with E-state index in [2.05, 4.69) is 36.6 Å². The van der Waals surface area contributed by atoms with Crippen LogP contribution in [-0.4, -0.2) is 25.8 Å². The van der Waals surface area contributed by atoms with Crippen LogP contribution in [0.4, 0.5) is 0 Å². The topological polar surface area (TPSA) is 21.3 Å². The fourth-order valence-electron chi connectivity index (χ4n) is 3.94. The molecule has 2 heteroatoms. The molecule has 1 N–H and O–H groups in total. The molecule has 1 aliphatic carbocycles. The van der Waals surface area contributed by atoms with Gasteiger partial charge in [-0.1, -0.05) is 24.3 Å². The van der Waals surface area contributed by atoms with E-state index in [1.165, 1.54) is 44.9 Å². The van der Waals surface area contributed by atoms with Crippen LogP contribution in [0.1, 0.15) is 55.6 Å². The molecule has 1 fully saturated rings. The van der Waals surface area contributed by atoms with Crippen LogP contribution in [0.2, 0.25) is 0 Å². The summed E-state index contributed by atoms with van der Waals surface area (Å²) in [6.07, 6.45) is 9.35. The minimum absolute atomic E-state index is 0.419. The van der Waals surface area contributed by atoms with Crippen LogP contribution < -0.4 is 5.32 Å². The average Bonchev–Trinajstić information content (AvgIpc) is 2.53. The monoisotopic (exact) mass is 273 g/mol. The van der Waals surface area contributed by atoms with Gasteiger partial charge in [-0.15, -0.1) is 0 Å². The van der Waals surface area contributed by atoms with Gasteiger partial charge in [-0.2, -0.15) is 0 Å². The molecule has 1 saturated heterocycles. The third-order valence-corrected chi connectivity index (χ3v) is 5.07. The van der Waals surface area contributed by atoms with E-state index in [4.69, 9.17) is 4.74 Å². The van der Waals surface area contributed by atoms with E-state index in [-0.39, 0.29) is 0 Å². The minimum Gasteiger partial charge on any atom is -0.377 e. The summed E-state index contributed by atoms with van der Waals surface area (Å²) in [5.41, 5.74) is 3.16. The van der Waals surface area contributed by atoms with E-state index < -0.39 is 0 Å². The van der Waals surface area contributed by atoms with Gasteiger partial charge in [0, 0.05) is 12.6 Å². The first-order valence-electron chi connectivity index (χ1n) is 8.25. The smallest absolute Gasteiger partial charge is 0.0728 e. The Hall–Kier alpha value is -0.860. The number of ether oxygens (including phenoxy) is 1. The van der Waals surface area contributed by atoms with Crippen LogP contribution in [-0.2, 0) is 11.2 Å². The van der Waals surface area contributed by atoms with Gasteiger partial charge >= 0.3 is 0 Å². The van der Waals surface area contributed by atoms with Crippen molar-refractivity contribution in [1.82, 2.24) is 5.32 Å². The van der Waals surface area contributed by atoms with E-state index >= 15 is 0 Å². The maximum absolute atomic E-state index is 6.00. The maximum Gasteiger partial charge on any atom is 0.0728 e. The van der Waals surface area contributed by atoms with Gasteiger partial charge in [0.2, 0.25) is 0 Å². The minimum atomic E-state index is 0.419. The van der Waals surface area contributed by atoms with Crippen LogP contribution in [0.5, 0.6) is 0 Å². The van der Waals surface area contributed by atoms with E-state index in [1.54, 1.807) is 11.1 Å². The van der Waals surface area contributed by atoms with Crippen molar-refractivity contribution in [3.8, 4) is 0 Å². The van der Waals surface area contributed by atoms with Crippen LogP contribution in [0, 0.1) is 0 Å². The lowest BCUT2D eigenvalue weighted by molar-refractivity contribution is -0.00941. The third kappa shape index (κ3) is 3.07. The summed E-state index contributed by atoms with van der Waals surface area (Å²) in [5, 5.41) is 3.52. The van der Waals surface area contributed by atoms with Crippen LogP contribution in [0.25, 0.3) is 0 Å². The van der Waals surface area contributed by atoms with Crippen LogP contribution >= 0.6 is 0 Å². The Labute approximate surface area is 122 Å². The largest absolute Gasteiger partial charge is 0.377 e. The highest BCUT2D eigenvalue weighted by atomic mass is 16.5. The first-order valence-corrected chi connectivity index (χ1v) is 8.25. The Kier molecular flexibility index (Phi) is 4.74. The second kappa shape index (κ2) is 6.73. The summed E-state index contributed by atoms with van der Waals surface area (Å²) < 4.78 is 6.00. The Morgan fingerprint density at radius 3 is 2.90 bits per heavy atom. The maximum atomic E-state index is 6.00. The van der Waals surface area contributed by atoms with Gasteiger partial charge in [0.15, 0.2) is 0 Å². The fraction of sp³-hybridized carbons (Fsp3) is 0.667. The van der Waals surface area contributed by atoms with E-state index in [1.807, 2.05) is 0 Å². The van der Waals surface area contributed by atoms with Gasteiger partial charge < -0.3 is 10.1 Å². The molecule has 1 heterocycles. The zero-order valence-corrected chi connectivity index (χ0v) is 12.6. The lowest BCUT2D eigenvalue weighted by Crippen LogP contribution is -2.42. The van der Waals surface area contributed by atoms with Crippen molar-refractivity contribution in [2.45, 2.75) is 63.0 Å². The summed E-state index contributed by atoms with van der Waals surface area (Å²) >= 11 is 0. The molecule has 1 aliphatic heterocycles. The van der Waals surface area contributed by atoms with Crippen molar-refractivity contribution in [1.29, 1.82) is 0 Å². The number of fused-ring (bicyclic) bond motifs is 1. The Balaban J connectivity index is 1.70. The average molecular weight is 273 g/mol. The molecule has 3 atom stereocenters. The second-order valence-electron chi connectivity index (χ2n) is 6.32. The molecule has 0 bridgehead atoms. The highest BCUT2D eigenvalue weighted by Gasteiger charge is 2.28. The van der Waals surface area contributed by atoms with Crippen molar-refractivity contribution in [2.75, 3.05) is 13.7 Å². The van der Waals surface area contributed by atoms with Crippen LogP contribution in [0.15, 0.2) is 24.3 Å². The molecule has 110 valence electrons. The molecule has 3 rings (SSSR count). The van der Waals surface area contributed by atoms with E-state index in [0.29, 0.717) is 18.1 Å². The first kappa shape index (κ1) is 14.1. The standard InChI is InChI=1S/C18H27NO/c1-19-17(18-11-4-5-12-20-18)13-15-9-6-8-14-7-2-3-10-16(14)15/h2-3,7,10,15,17-19H,4-6,8-9,11-13H2,1H3. The van der Waals surface area contributed by atoms with Gasteiger partial charge in [0.1, 0.15) is 0 Å². The van der Waals surface area contributed by atoms with Gasteiger partial charge in [-0.25, -0.2) is 0 Å². The van der Waals surface area contributed by atoms with Crippen molar-refractivity contribution in [2.24, 2.45) is 0 Å². The normalized spacial score (nSPS) is 27.9. The molecule has 2 aliphatic rings. The zero-order chi connectivity index (χ0) is 13.8. The number of aryl methyl sites for hydroxylation is 1. The summed E-state index contributed by atoms with van der Waals surface area (Å²) in [7, 11) is 2.09. The Bertz CT molecular complexity index is 425. The molecule has 0 saturated carbocycles. The van der Waals surface area contributed by atoms with Gasteiger partial charge in [-0.3, -0.25) is 0 Å². The van der Waals surface area contributed by atoms with Crippen molar-refractivity contribution in [3.63, 3.8) is 0 Å². The predicted molar refractivity (Wildman–Crippen MR) is 83.2 cm³/mol. The lowest BCUT2D eigenvalue weighted by atomic mass is 9.78. The number of likely N-dealkylation sites (N-methyl/N-ethyl adjacent to an activating group) is 1. The van der Waals surface area contributed by atoms with E-state index in [0.717, 1.165) is 6.61 Å². The molecule has 20 heavy (non-hydrogen) atoms. The molecule has 0 radical (unpaired) electrons. The molecule has 0 amide bonds. The van der Waals surface area contributed by atoms with Crippen molar-refractivity contribution < 1.29 is 4.74 Å². The fourth-order valence-corrected chi connectivity index (χ4v) is 3.94. The van der Waals surface area contributed by atoms with Gasteiger partial charge in [0.25, 0.3) is 0 Å². The van der Waals surface area contributed by atoms with Crippen LogP contribution in [0.3, 0.4) is 0 Å². The Morgan fingerprint density at radius 1 is 1.20 bits per heavy atom. The highest BCUT2D eigenvalue weighted by molar-refractivity contribution is 5.32. The molecular formula is C18H27NO. The Morgan fingerprint density at radius 2 is 2.10 bits per heavy atom. The molecule has 0 aromatic heterocycles. The van der Waals surface area contributed by atoms with Gasteiger partial charge in [-0.05, 0) is 69.0 Å².